The molecule has 7 nitrogen and oxygen atoms in total. The van der Waals surface area contributed by atoms with Crippen LogP contribution >= 0.6 is 0 Å². The number of benzene rings is 1. The van der Waals surface area contributed by atoms with Crippen LogP contribution in [0.4, 0.5) is 0 Å². The van der Waals surface area contributed by atoms with Gasteiger partial charge in [0, 0.05) is 50.0 Å². The first-order valence-electron chi connectivity index (χ1n) is 12.0. The van der Waals surface area contributed by atoms with Crippen LogP contribution in [0.2, 0.25) is 0 Å². The molecule has 0 N–H and O–H groups in total. The van der Waals surface area contributed by atoms with Gasteiger partial charge in [-0.05, 0) is 38.3 Å². The molecule has 1 aromatic carbocycles. The molecular formula is C25H35N3O4. The summed E-state index contributed by atoms with van der Waals surface area (Å²) >= 11 is 0. The Hall–Kier alpha value is -2.41. The van der Waals surface area contributed by atoms with Gasteiger partial charge in [-0.25, -0.2) is 0 Å². The lowest BCUT2D eigenvalue weighted by atomic mass is 9.95. The van der Waals surface area contributed by atoms with Crippen LogP contribution in [0, 0.1) is 5.92 Å². The van der Waals surface area contributed by atoms with Crippen LogP contribution in [0.15, 0.2) is 30.3 Å². The molecule has 1 spiro atoms. The fraction of sp³-hybridized carbons (Fsp3) is 0.640. The molecule has 0 bridgehead atoms. The van der Waals surface area contributed by atoms with E-state index in [9.17, 15) is 14.4 Å². The van der Waals surface area contributed by atoms with Crippen molar-refractivity contribution in [1.29, 1.82) is 0 Å². The van der Waals surface area contributed by atoms with Gasteiger partial charge in [0.1, 0.15) is 11.8 Å². The van der Waals surface area contributed by atoms with Crippen molar-refractivity contribution in [2.75, 3.05) is 26.2 Å². The van der Waals surface area contributed by atoms with Gasteiger partial charge in [-0.2, -0.15) is 0 Å². The summed E-state index contributed by atoms with van der Waals surface area (Å²) in [6.45, 7) is 7.87. The molecule has 3 saturated heterocycles. The molecule has 174 valence electrons. The average Bonchev–Trinajstić information content (AvgIpc) is 3.17. The largest absolute Gasteiger partial charge is 0.353 e. The second-order valence-electron chi connectivity index (χ2n) is 9.67. The first-order chi connectivity index (χ1) is 15.3. The first-order valence-corrected chi connectivity index (χ1v) is 12.0. The summed E-state index contributed by atoms with van der Waals surface area (Å²) in [6, 6.07) is 8.67. The van der Waals surface area contributed by atoms with Gasteiger partial charge in [-0.3, -0.25) is 19.3 Å². The van der Waals surface area contributed by atoms with Crippen LogP contribution < -0.4 is 0 Å². The van der Waals surface area contributed by atoms with E-state index >= 15 is 0 Å². The maximum atomic E-state index is 13.7. The van der Waals surface area contributed by atoms with Crippen molar-refractivity contribution in [3.8, 4) is 0 Å². The Bertz CT molecular complexity index is 848. The molecule has 3 fully saturated rings. The highest BCUT2D eigenvalue weighted by molar-refractivity contribution is 5.98. The number of carbonyl (C=O) groups excluding carboxylic acids is 3. The maximum Gasteiger partial charge on any atom is 0.256 e. The fourth-order valence-corrected chi connectivity index (χ4v) is 5.33. The number of likely N-dealkylation sites (tertiary alicyclic amines) is 2. The van der Waals surface area contributed by atoms with Crippen molar-refractivity contribution in [1.82, 2.24) is 14.7 Å². The third-order valence-corrected chi connectivity index (χ3v) is 7.22. The number of ether oxygens (including phenoxy) is 1. The van der Waals surface area contributed by atoms with E-state index in [4.69, 9.17) is 4.74 Å². The molecule has 7 heteroatoms. The molecule has 4 rings (SSSR count). The number of hydrogen-bond donors (Lipinski definition) is 0. The highest BCUT2D eigenvalue weighted by Crippen LogP contribution is 2.39. The Morgan fingerprint density at radius 2 is 1.72 bits per heavy atom. The van der Waals surface area contributed by atoms with Crippen molar-refractivity contribution in [2.24, 2.45) is 5.92 Å². The number of hydrogen-bond acceptors (Lipinski definition) is 4. The highest BCUT2D eigenvalue weighted by atomic mass is 16.5. The van der Waals surface area contributed by atoms with Gasteiger partial charge in [0.2, 0.25) is 11.8 Å². The number of nitrogens with zero attached hydrogens (tertiary/aromatic N) is 3. The Labute approximate surface area is 190 Å². The zero-order chi connectivity index (χ0) is 22.9. The zero-order valence-electron chi connectivity index (χ0n) is 19.5. The van der Waals surface area contributed by atoms with Crippen molar-refractivity contribution in [2.45, 2.75) is 70.7 Å². The molecule has 3 aliphatic rings. The van der Waals surface area contributed by atoms with Gasteiger partial charge >= 0.3 is 0 Å². The lowest BCUT2D eigenvalue weighted by Crippen LogP contribution is -2.61. The van der Waals surface area contributed by atoms with Gasteiger partial charge in [-0.1, -0.05) is 32.0 Å². The van der Waals surface area contributed by atoms with E-state index in [1.54, 1.807) is 17.0 Å². The zero-order valence-corrected chi connectivity index (χ0v) is 19.5. The van der Waals surface area contributed by atoms with E-state index in [0.717, 1.165) is 25.8 Å². The Kier molecular flexibility index (Phi) is 6.56. The predicted molar refractivity (Wildman–Crippen MR) is 121 cm³/mol. The first kappa shape index (κ1) is 22.8. The monoisotopic (exact) mass is 441 g/mol. The number of piperidine rings is 2. The molecule has 0 aromatic heterocycles. The molecule has 1 aromatic rings. The Balaban J connectivity index is 1.61. The summed E-state index contributed by atoms with van der Waals surface area (Å²) in [5, 5.41) is 0. The topological polar surface area (TPSA) is 70.2 Å². The molecule has 2 atom stereocenters. The Morgan fingerprint density at radius 3 is 2.34 bits per heavy atom. The van der Waals surface area contributed by atoms with Crippen molar-refractivity contribution < 1.29 is 19.1 Å². The SMILES string of the molecule is CC(C)C(=O)N1CCC2(CC1)OCC(C(=O)N1CCCCC1C)N2C(=O)c1ccccc1. The lowest BCUT2D eigenvalue weighted by Gasteiger charge is -2.45. The summed E-state index contributed by atoms with van der Waals surface area (Å²) in [7, 11) is 0. The minimum absolute atomic E-state index is 0.0148. The molecule has 3 heterocycles. The van der Waals surface area contributed by atoms with Crippen LogP contribution in [0.5, 0.6) is 0 Å². The standard InChI is InChI=1S/C25H35N3O4/c1-18(2)22(29)26-15-12-25(13-16-26)28(23(30)20-10-5-4-6-11-20)21(17-32-25)24(31)27-14-8-7-9-19(27)3/h4-6,10-11,18-19,21H,7-9,12-17H2,1-3H3. The predicted octanol–water partition coefficient (Wildman–Crippen LogP) is 2.90. The van der Waals surface area contributed by atoms with Gasteiger partial charge in [-0.15, -0.1) is 0 Å². The second kappa shape index (κ2) is 9.22. The molecule has 0 saturated carbocycles. The molecule has 2 unspecified atom stereocenters. The molecular weight excluding hydrogens is 406 g/mol. The van der Waals surface area contributed by atoms with E-state index in [2.05, 4.69) is 6.92 Å². The number of carbonyl (C=O) groups is 3. The van der Waals surface area contributed by atoms with E-state index in [-0.39, 0.29) is 36.3 Å². The van der Waals surface area contributed by atoms with Crippen molar-refractivity contribution in [3.05, 3.63) is 35.9 Å². The maximum absolute atomic E-state index is 13.7. The van der Waals surface area contributed by atoms with Crippen molar-refractivity contribution >= 4 is 17.7 Å². The van der Waals surface area contributed by atoms with Crippen LogP contribution in [0.1, 0.15) is 63.2 Å². The van der Waals surface area contributed by atoms with Gasteiger partial charge in [0.25, 0.3) is 5.91 Å². The molecule has 3 amide bonds. The van der Waals surface area contributed by atoms with Crippen LogP contribution in [0.25, 0.3) is 0 Å². The van der Waals surface area contributed by atoms with Crippen molar-refractivity contribution in [3.63, 3.8) is 0 Å². The van der Waals surface area contributed by atoms with E-state index in [0.29, 0.717) is 31.5 Å². The van der Waals surface area contributed by atoms with E-state index in [1.807, 2.05) is 41.8 Å². The molecule has 0 aliphatic carbocycles. The minimum Gasteiger partial charge on any atom is -0.353 e. The molecule has 0 radical (unpaired) electrons. The van der Waals surface area contributed by atoms with Gasteiger partial charge in [0.15, 0.2) is 0 Å². The quantitative estimate of drug-likeness (QED) is 0.723. The third kappa shape index (κ3) is 4.15. The Morgan fingerprint density at radius 1 is 1.03 bits per heavy atom. The normalized spacial score (nSPS) is 25.4. The summed E-state index contributed by atoms with van der Waals surface area (Å²) in [5.74, 6) is -0.132. The summed E-state index contributed by atoms with van der Waals surface area (Å²) in [5.41, 5.74) is -0.289. The van der Waals surface area contributed by atoms with Crippen LogP contribution in [-0.4, -0.2) is 76.5 Å². The van der Waals surface area contributed by atoms with Crippen LogP contribution in [-0.2, 0) is 14.3 Å². The number of rotatable bonds is 3. The molecule has 32 heavy (non-hydrogen) atoms. The third-order valence-electron chi connectivity index (χ3n) is 7.22. The summed E-state index contributed by atoms with van der Waals surface area (Å²) < 4.78 is 6.30. The minimum atomic E-state index is -0.847. The smallest absolute Gasteiger partial charge is 0.256 e. The highest BCUT2D eigenvalue weighted by Gasteiger charge is 2.55. The van der Waals surface area contributed by atoms with E-state index < -0.39 is 11.8 Å². The summed E-state index contributed by atoms with van der Waals surface area (Å²) in [6.07, 6.45) is 4.15. The van der Waals surface area contributed by atoms with Crippen LogP contribution in [0.3, 0.4) is 0 Å². The summed E-state index contributed by atoms with van der Waals surface area (Å²) in [4.78, 5) is 45.3. The average molecular weight is 442 g/mol. The number of amides is 3. The van der Waals surface area contributed by atoms with Gasteiger partial charge in [0.05, 0.1) is 6.61 Å². The fourth-order valence-electron chi connectivity index (χ4n) is 5.33. The molecule has 3 aliphatic heterocycles. The lowest BCUT2D eigenvalue weighted by molar-refractivity contribution is -0.148. The van der Waals surface area contributed by atoms with Gasteiger partial charge < -0.3 is 14.5 Å². The second-order valence-corrected chi connectivity index (χ2v) is 9.67. The van der Waals surface area contributed by atoms with E-state index in [1.165, 1.54) is 0 Å².